The maximum atomic E-state index is 5.60. The molecule has 17 heavy (non-hydrogen) atoms. The first-order valence-electron chi connectivity index (χ1n) is 6.70. The highest BCUT2D eigenvalue weighted by Crippen LogP contribution is 2.09. The van der Waals surface area contributed by atoms with Crippen LogP contribution >= 0.6 is 0 Å². The molecule has 0 spiro atoms. The van der Waals surface area contributed by atoms with E-state index in [1.165, 1.54) is 19.4 Å². The minimum absolute atomic E-state index is 0.605. The van der Waals surface area contributed by atoms with Crippen molar-refractivity contribution in [1.29, 1.82) is 0 Å². The van der Waals surface area contributed by atoms with Crippen LogP contribution in [0.3, 0.4) is 0 Å². The van der Waals surface area contributed by atoms with Crippen LogP contribution in [0, 0.1) is 5.92 Å². The van der Waals surface area contributed by atoms with E-state index < -0.39 is 0 Å². The first kappa shape index (κ1) is 14.0. The summed E-state index contributed by atoms with van der Waals surface area (Å²) < 4.78 is 1.92. The third kappa shape index (κ3) is 4.77. The van der Waals surface area contributed by atoms with Gasteiger partial charge in [0.15, 0.2) is 0 Å². The summed E-state index contributed by atoms with van der Waals surface area (Å²) in [5.74, 6) is 1.42. The molecule has 0 saturated heterocycles. The average molecular weight is 238 g/mol. The molecule has 0 aliphatic rings. The van der Waals surface area contributed by atoms with E-state index in [1.54, 1.807) is 0 Å². The lowest BCUT2D eigenvalue weighted by Gasteiger charge is -2.25. The van der Waals surface area contributed by atoms with Crippen molar-refractivity contribution in [2.24, 2.45) is 5.92 Å². The fraction of sp³-hybridized carbons (Fsp3) is 0.769. The Labute approximate surface area is 105 Å². The molecule has 0 bridgehead atoms. The fourth-order valence-electron chi connectivity index (χ4n) is 2.04. The van der Waals surface area contributed by atoms with Crippen LogP contribution in [0.5, 0.6) is 0 Å². The Morgan fingerprint density at radius 3 is 2.53 bits per heavy atom. The topological polar surface area (TPSA) is 47.1 Å². The molecule has 0 unspecified atom stereocenters. The molecule has 0 aliphatic carbocycles. The SMILES string of the molecule is CCC(CC)CN(CC)CCn1ccc(N)n1. The highest BCUT2D eigenvalue weighted by atomic mass is 15.3. The summed E-state index contributed by atoms with van der Waals surface area (Å²) in [4.78, 5) is 2.50. The van der Waals surface area contributed by atoms with Gasteiger partial charge in [0.1, 0.15) is 5.82 Å². The van der Waals surface area contributed by atoms with Gasteiger partial charge >= 0.3 is 0 Å². The second kappa shape index (κ2) is 7.33. The van der Waals surface area contributed by atoms with Gasteiger partial charge in [-0.05, 0) is 18.5 Å². The molecule has 1 aromatic rings. The number of anilines is 1. The van der Waals surface area contributed by atoms with Crippen LogP contribution in [0.1, 0.15) is 33.6 Å². The zero-order valence-electron chi connectivity index (χ0n) is 11.4. The van der Waals surface area contributed by atoms with Gasteiger partial charge < -0.3 is 10.6 Å². The quantitative estimate of drug-likeness (QED) is 0.755. The number of nitrogen functional groups attached to an aromatic ring is 1. The van der Waals surface area contributed by atoms with E-state index in [0.29, 0.717) is 5.82 Å². The third-order valence-electron chi connectivity index (χ3n) is 3.42. The van der Waals surface area contributed by atoms with Crippen LogP contribution < -0.4 is 5.73 Å². The molecule has 0 radical (unpaired) electrons. The first-order chi connectivity index (χ1) is 8.19. The van der Waals surface area contributed by atoms with Gasteiger partial charge in [0.2, 0.25) is 0 Å². The second-order valence-electron chi connectivity index (χ2n) is 4.58. The molecule has 4 heteroatoms. The normalized spacial score (nSPS) is 11.6. The lowest BCUT2D eigenvalue weighted by atomic mass is 10.0. The molecule has 1 heterocycles. The Morgan fingerprint density at radius 1 is 1.35 bits per heavy atom. The number of likely N-dealkylation sites (N-methyl/N-ethyl adjacent to an activating group) is 1. The Hall–Kier alpha value is -1.03. The van der Waals surface area contributed by atoms with Crippen molar-refractivity contribution in [3.63, 3.8) is 0 Å². The third-order valence-corrected chi connectivity index (χ3v) is 3.42. The van der Waals surface area contributed by atoms with Crippen LogP contribution in [-0.2, 0) is 6.54 Å². The molecule has 4 nitrogen and oxygen atoms in total. The maximum absolute atomic E-state index is 5.60. The van der Waals surface area contributed by atoms with Gasteiger partial charge in [0.05, 0.1) is 6.54 Å². The highest BCUT2D eigenvalue weighted by molar-refractivity contribution is 5.23. The van der Waals surface area contributed by atoms with Crippen LogP contribution in [0.4, 0.5) is 5.82 Å². The first-order valence-corrected chi connectivity index (χ1v) is 6.70. The molecule has 98 valence electrons. The van der Waals surface area contributed by atoms with Gasteiger partial charge in [0.25, 0.3) is 0 Å². The van der Waals surface area contributed by atoms with E-state index in [0.717, 1.165) is 25.6 Å². The lowest BCUT2D eigenvalue weighted by molar-refractivity contribution is 0.223. The van der Waals surface area contributed by atoms with E-state index >= 15 is 0 Å². The molecule has 1 rings (SSSR count). The largest absolute Gasteiger partial charge is 0.382 e. The fourth-order valence-corrected chi connectivity index (χ4v) is 2.04. The number of aromatic nitrogens is 2. The summed E-state index contributed by atoms with van der Waals surface area (Å²) in [5.41, 5.74) is 5.60. The van der Waals surface area contributed by atoms with Crippen molar-refractivity contribution in [1.82, 2.24) is 14.7 Å². The van der Waals surface area contributed by atoms with Crippen LogP contribution in [0.2, 0.25) is 0 Å². The Morgan fingerprint density at radius 2 is 2.06 bits per heavy atom. The van der Waals surface area contributed by atoms with Crippen molar-refractivity contribution in [2.45, 2.75) is 40.2 Å². The molecular weight excluding hydrogens is 212 g/mol. The Kier molecular flexibility index (Phi) is 6.05. The average Bonchev–Trinajstić information content (AvgIpc) is 2.76. The molecule has 0 atom stereocenters. The minimum Gasteiger partial charge on any atom is -0.382 e. The number of nitrogens with two attached hydrogens (primary N) is 1. The molecule has 0 amide bonds. The molecule has 0 aliphatic heterocycles. The van der Waals surface area contributed by atoms with Crippen molar-refractivity contribution in [3.05, 3.63) is 12.3 Å². The van der Waals surface area contributed by atoms with Gasteiger partial charge in [-0.3, -0.25) is 4.68 Å². The standard InChI is InChI=1S/C13H26N4/c1-4-12(5-2)11-16(6-3)9-10-17-8-7-13(14)15-17/h7-8,12H,4-6,9-11H2,1-3H3,(H2,14,15). The summed E-state index contributed by atoms with van der Waals surface area (Å²) in [6.07, 6.45) is 4.48. The summed E-state index contributed by atoms with van der Waals surface area (Å²) in [7, 11) is 0. The molecule has 0 saturated carbocycles. The van der Waals surface area contributed by atoms with E-state index in [4.69, 9.17) is 5.73 Å². The summed E-state index contributed by atoms with van der Waals surface area (Å²) in [6, 6.07) is 1.84. The van der Waals surface area contributed by atoms with Crippen molar-refractivity contribution < 1.29 is 0 Å². The summed E-state index contributed by atoms with van der Waals surface area (Å²) >= 11 is 0. The molecule has 0 fully saturated rings. The van der Waals surface area contributed by atoms with Crippen molar-refractivity contribution >= 4 is 5.82 Å². The van der Waals surface area contributed by atoms with Crippen molar-refractivity contribution in [2.75, 3.05) is 25.4 Å². The number of hydrogen-bond donors (Lipinski definition) is 1. The number of hydrogen-bond acceptors (Lipinski definition) is 3. The van der Waals surface area contributed by atoms with Gasteiger partial charge in [-0.1, -0.05) is 33.6 Å². The van der Waals surface area contributed by atoms with Crippen molar-refractivity contribution in [3.8, 4) is 0 Å². The predicted octanol–water partition coefficient (Wildman–Crippen LogP) is 2.22. The van der Waals surface area contributed by atoms with E-state index in [1.807, 2.05) is 16.9 Å². The smallest absolute Gasteiger partial charge is 0.145 e. The Bertz CT molecular complexity index is 304. The summed E-state index contributed by atoms with van der Waals surface area (Å²) in [6.45, 7) is 11.0. The van der Waals surface area contributed by atoms with Crippen LogP contribution in [0.25, 0.3) is 0 Å². The monoisotopic (exact) mass is 238 g/mol. The molecule has 2 N–H and O–H groups in total. The molecule has 1 aromatic heterocycles. The van der Waals surface area contributed by atoms with E-state index in [2.05, 4.69) is 30.8 Å². The van der Waals surface area contributed by atoms with Gasteiger partial charge in [0, 0.05) is 19.3 Å². The van der Waals surface area contributed by atoms with Crippen LogP contribution in [-0.4, -0.2) is 34.3 Å². The highest BCUT2D eigenvalue weighted by Gasteiger charge is 2.09. The Balaban J connectivity index is 2.36. The van der Waals surface area contributed by atoms with Gasteiger partial charge in [-0.2, -0.15) is 5.10 Å². The van der Waals surface area contributed by atoms with E-state index in [-0.39, 0.29) is 0 Å². The zero-order chi connectivity index (χ0) is 12.7. The van der Waals surface area contributed by atoms with Gasteiger partial charge in [-0.25, -0.2) is 0 Å². The maximum Gasteiger partial charge on any atom is 0.145 e. The number of nitrogens with zero attached hydrogens (tertiary/aromatic N) is 3. The minimum atomic E-state index is 0.605. The summed E-state index contributed by atoms with van der Waals surface area (Å²) in [5, 5.41) is 4.20. The van der Waals surface area contributed by atoms with E-state index in [9.17, 15) is 0 Å². The second-order valence-corrected chi connectivity index (χ2v) is 4.58. The molecular formula is C13H26N4. The number of rotatable bonds is 8. The zero-order valence-corrected chi connectivity index (χ0v) is 11.4. The predicted molar refractivity (Wildman–Crippen MR) is 72.8 cm³/mol. The van der Waals surface area contributed by atoms with Gasteiger partial charge in [-0.15, -0.1) is 0 Å². The van der Waals surface area contributed by atoms with Crippen LogP contribution in [0.15, 0.2) is 12.3 Å². The molecule has 0 aromatic carbocycles. The lowest BCUT2D eigenvalue weighted by Crippen LogP contribution is -2.32.